The average molecular weight is 285 g/mol. The molecule has 20 heavy (non-hydrogen) atoms. The fraction of sp³-hybridized carbons (Fsp3) is 0.692. The van der Waals surface area contributed by atoms with E-state index in [0.29, 0.717) is 19.0 Å². The quantitative estimate of drug-likeness (QED) is 0.850. The summed E-state index contributed by atoms with van der Waals surface area (Å²) in [4.78, 5) is 13.5. The molecule has 0 saturated heterocycles. The highest BCUT2D eigenvalue weighted by Crippen LogP contribution is 2.20. The number of ether oxygens (including phenoxy) is 2. The van der Waals surface area contributed by atoms with Crippen LogP contribution in [0.5, 0.6) is 5.88 Å². The molecule has 0 radical (unpaired) electrons. The summed E-state index contributed by atoms with van der Waals surface area (Å²) in [5, 5.41) is 4.10. The second-order valence-corrected chi connectivity index (χ2v) is 5.68. The Bertz CT molecular complexity index is 470. The van der Waals surface area contributed by atoms with Gasteiger partial charge in [0.05, 0.1) is 25.3 Å². The predicted octanol–water partition coefficient (Wildman–Crippen LogP) is 1.85. The number of fused-ring (bicyclic) bond motifs is 1. The van der Waals surface area contributed by atoms with Crippen molar-refractivity contribution in [2.24, 2.45) is 0 Å². The molecule has 1 unspecified atom stereocenters. The van der Waals surface area contributed by atoms with Crippen LogP contribution in [0, 0.1) is 0 Å². The Morgan fingerprint density at radius 2 is 2.40 bits per heavy atom. The fourth-order valence-corrected chi connectivity index (χ4v) is 2.04. The van der Waals surface area contributed by atoms with Crippen molar-refractivity contribution in [1.82, 2.24) is 14.7 Å². The third-order valence-corrected chi connectivity index (χ3v) is 2.88. The Kier molecular flexibility index (Phi) is 4.15. The molecule has 0 bridgehead atoms. The summed E-state index contributed by atoms with van der Waals surface area (Å²) in [6.07, 6.45) is 1.10. The lowest BCUT2D eigenvalue weighted by molar-refractivity contribution is 0.00144. The molecule has 0 aromatic carbocycles. The third kappa shape index (κ3) is 3.40. The van der Waals surface area contributed by atoms with Crippen molar-refractivity contribution in [3.8, 4) is 5.88 Å². The van der Waals surface area contributed by atoms with Crippen molar-refractivity contribution < 1.29 is 18.7 Å². The minimum atomic E-state index is -0.623. The maximum atomic E-state index is 12.7. The van der Waals surface area contributed by atoms with E-state index in [1.54, 1.807) is 37.7 Å². The predicted molar refractivity (Wildman–Crippen MR) is 70.4 cm³/mol. The highest BCUT2D eigenvalue weighted by atomic mass is 19.1. The van der Waals surface area contributed by atoms with Gasteiger partial charge < -0.3 is 9.47 Å². The van der Waals surface area contributed by atoms with Crippen LogP contribution < -0.4 is 4.74 Å². The molecule has 0 aliphatic carbocycles. The first-order valence-electron chi connectivity index (χ1n) is 6.61. The van der Waals surface area contributed by atoms with Crippen LogP contribution in [-0.4, -0.2) is 52.2 Å². The number of rotatable bonds is 3. The van der Waals surface area contributed by atoms with Gasteiger partial charge in [-0.3, -0.25) is 4.90 Å². The fourth-order valence-electron chi connectivity index (χ4n) is 2.04. The molecule has 2 heterocycles. The average Bonchev–Trinajstić information content (AvgIpc) is 2.80. The van der Waals surface area contributed by atoms with Crippen molar-refractivity contribution in [1.29, 1.82) is 0 Å². The van der Waals surface area contributed by atoms with Crippen LogP contribution in [0.15, 0.2) is 12.3 Å². The van der Waals surface area contributed by atoms with E-state index >= 15 is 0 Å². The number of alkyl halides is 1. The molecule has 1 amide bonds. The maximum absolute atomic E-state index is 12.7. The Hall–Kier alpha value is -1.79. The molecular weight excluding hydrogens is 265 g/mol. The molecule has 1 aromatic rings. The van der Waals surface area contributed by atoms with Crippen molar-refractivity contribution in [3.05, 3.63) is 12.3 Å². The van der Waals surface area contributed by atoms with Crippen molar-refractivity contribution >= 4 is 6.09 Å². The zero-order chi connectivity index (χ0) is 14.8. The van der Waals surface area contributed by atoms with Crippen molar-refractivity contribution in [2.45, 2.75) is 39.0 Å². The van der Waals surface area contributed by atoms with E-state index in [4.69, 9.17) is 9.47 Å². The Morgan fingerprint density at radius 1 is 1.65 bits per heavy atom. The van der Waals surface area contributed by atoms with Crippen molar-refractivity contribution in [3.63, 3.8) is 0 Å². The molecule has 2 rings (SSSR count). The van der Waals surface area contributed by atoms with E-state index in [9.17, 15) is 9.18 Å². The standard InChI is InChI=1S/C13H20FN3O3/c1-13(2,3)20-12(18)16(7-5-14)10-8-17-11(19-9-10)4-6-15-17/h4,6,10H,5,7-9H2,1-3H3. The maximum Gasteiger partial charge on any atom is 0.410 e. The lowest BCUT2D eigenvalue weighted by Crippen LogP contribution is -2.50. The van der Waals surface area contributed by atoms with Crippen LogP contribution in [-0.2, 0) is 11.3 Å². The van der Waals surface area contributed by atoms with Gasteiger partial charge in [-0.05, 0) is 20.8 Å². The summed E-state index contributed by atoms with van der Waals surface area (Å²) in [5.41, 5.74) is -0.613. The number of hydrogen-bond donors (Lipinski definition) is 0. The van der Waals surface area contributed by atoms with Gasteiger partial charge >= 0.3 is 6.09 Å². The van der Waals surface area contributed by atoms with Crippen LogP contribution in [0.3, 0.4) is 0 Å². The van der Waals surface area contributed by atoms with E-state index < -0.39 is 18.4 Å². The van der Waals surface area contributed by atoms with Gasteiger partial charge in [0.15, 0.2) is 0 Å². The number of halogens is 1. The Balaban J connectivity index is 2.07. The number of carbonyl (C=O) groups excluding carboxylic acids is 1. The highest BCUT2D eigenvalue weighted by molar-refractivity contribution is 5.68. The van der Waals surface area contributed by atoms with Gasteiger partial charge in [0.25, 0.3) is 0 Å². The molecule has 6 nitrogen and oxygen atoms in total. The zero-order valence-electron chi connectivity index (χ0n) is 12.0. The zero-order valence-corrected chi connectivity index (χ0v) is 12.0. The number of nitrogens with zero attached hydrogens (tertiary/aromatic N) is 3. The van der Waals surface area contributed by atoms with Gasteiger partial charge in [-0.25, -0.2) is 13.9 Å². The van der Waals surface area contributed by atoms with E-state index in [0.717, 1.165) is 0 Å². The van der Waals surface area contributed by atoms with Crippen LogP contribution >= 0.6 is 0 Å². The summed E-state index contributed by atoms with van der Waals surface area (Å²) in [5.74, 6) is 0.658. The number of aromatic nitrogens is 2. The minimum Gasteiger partial charge on any atom is -0.476 e. The lowest BCUT2D eigenvalue weighted by Gasteiger charge is -2.35. The van der Waals surface area contributed by atoms with E-state index in [-0.39, 0.29) is 12.6 Å². The number of carbonyl (C=O) groups is 1. The van der Waals surface area contributed by atoms with E-state index in [1.807, 2.05) is 0 Å². The number of hydrogen-bond acceptors (Lipinski definition) is 4. The van der Waals surface area contributed by atoms with Gasteiger partial charge in [0.1, 0.15) is 18.9 Å². The third-order valence-electron chi connectivity index (χ3n) is 2.88. The van der Waals surface area contributed by atoms with Crippen LogP contribution in [0.2, 0.25) is 0 Å². The summed E-state index contributed by atoms with van der Waals surface area (Å²) in [6.45, 7) is 5.48. The Morgan fingerprint density at radius 3 is 3.05 bits per heavy atom. The van der Waals surface area contributed by atoms with E-state index in [2.05, 4.69) is 5.10 Å². The van der Waals surface area contributed by atoms with Crippen LogP contribution in [0.25, 0.3) is 0 Å². The van der Waals surface area contributed by atoms with Crippen LogP contribution in [0.1, 0.15) is 20.8 Å². The first-order valence-corrected chi connectivity index (χ1v) is 6.61. The lowest BCUT2D eigenvalue weighted by atomic mass is 10.2. The molecule has 112 valence electrons. The topological polar surface area (TPSA) is 56.6 Å². The number of amides is 1. The minimum absolute atomic E-state index is 0.0143. The summed E-state index contributed by atoms with van der Waals surface area (Å²) in [7, 11) is 0. The second kappa shape index (κ2) is 5.68. The monoisotopic (exact) mass is 285 g/mol. The summed E-state index contributed by atoms with van der Waals surface area (Å²) >= 11 is 0. The molecular formula is C13H20FN3O3. The molecule has 0 fully saturated rings. The molecule has 7 heteroatoms. The molecule has 1 atom stereocenters. The molecule has 0 saturated carbocycles. The van der Waals surface area contributed by atoms with Gasteiger partial charge in [-0.2, -0.15) is 5.10 Å². The highest BCUT2D eigenvalue weighted by Gasteiger charge is 2.31. The normalized spacial score (nSPS) is 18.1. The first-order chi connectivity index (χ1) is 9.40. The molecule has 0 N–H and O–H groups in total. The van der Waals surface area contributed by atoms with Crippen molar-refractivity contribution in [2.75, 3.05) is 19.8 Å². The van der Waals surface area contributed by atoms with Gasteiger partial charge in [-0.15, -0.1) is 0 Å². The SMILES string of the molecule is CC(C)(C)OC(=O)N(CCF)C1COc2ccnn2C1. The second-order valence-electron chi connectivity index (χ2n) is 5.68. The molecule has 1 aromatic heterocycles. The van der Waals surface area contributed by atoms with Gasteiger partial charge in [0.2, 0.25) is 5.88 Å². The summed E-state index contributed by atoms with van der Waals surface area (Å²) in [6, 6.07) is 1.47. The molecule has 0 spiro atoms. The molecule has 1 aliphatic heterocycles. The largest absolute Gasteiger partial charge is 0.476 e. The Labute approximate surface area is 117 Å². The summed E-state index contributed by atoms with van der Waals surface area (Å²) < 4.78 is 25.2. The first kappa shape index (κ1) is 14.6. The smallest absolute Gasteiger partial charge is 0.410 e. The van der Waals surface area contributed by atoms with E-state index in [1.165, 1.54) is 4.90 Å². The van der Waals surface area contributed by atoms with Gasteiger partial charge in [-0.1, -0.05) is 0 Å². The molecule has 1 aliphatic rings. The van der Waals surface area contributed by atoms with Crippen LogP contribution in [0.4, 0.5) is 9.18 Å². The van der Waals surface area contributed by atoms with Gasteiger partial charge in [0, 0.05) is 6.07 Å².